The van der Waals surface area contributed by atoms with E-state index in [0.29, 0.717) is 18.0 Å². The Kier molecular flexibility index (Phi) is 7.03. The summed E-state index contributed by atoms with van der Waals surface area (Å²) in [6, 6.07) is 13.6. The number of hydrogen-bond acceptors (Lipinski definition) is 5. The molecule has 6 heteroatoms. The molecule has 0 fully saturated rings. The quantitative estimate of drug-likeness (QED) is 0.578. The number of rotatable bonds is 8. The molecular formula is C23H24N2O3S. The Morgan fingerprint density at radius 1 is 1.17 bits per heavy atom. The average molecular weight is 409 g/mol. The first-order valence-corrected chi connectivity index (χ1v) is 10.2. The summed E-state index contributed by atoms with van der Waals surface area (Å²) in [6.07, 6.45) is 3.92. The van der Waals surface area contributed by atoms with Gasteiger partial charge in [0.2, 0.25) is 0 Å². The van der Waals surface area contributed by atoms with Crippen LogP contribution in [0.25, 0.3) is 17.3 Å². The van der Waals surface area contributed by atoms with E-state index in [-0.39, 0.29) is 12.5 Å². The van der Waals surface area contributed by atoms with E-state index < -0.39 is 0 Å². The maximum absolute atomic E-state index is 12.2. The van der Waals surface area contributed by atoms with Crippen molar-refractivity contribution >= 4 is 23.3 Å². The number of carbonyl (C=O) groups excluding carboxylic acids is 1. The third-order valence-corrected chi connectivity index (χ3v) is 5.04. The van der Waals surface area contributed by atoms with Crippen LogP contribution in [0, 0.1) is 6.92 Å². The van der Waals surface area contributed by atoms with Gasteiger partial charge < -0.3 is 14.8 Å². The lowest BCUT2D eigenvalue weighted by Crippen LogP contribution is -2.28. The molecule has 5 nitrogen and oxygen atoms in total. The SMILES string of the molecule is C/C=C/c1ccc(OCC(=O)NCc2ccc(-c3csc(C)n3)cc2)c(OC)c1. The third kappa shape index (κ3) is 5.68. The molecule has 1 N–H and O–H groups in total. The monoisotopic (exact) mass is 408 g/mol. The number of benzene rings is 2. The zero-order chi connectivity index (χ0) is 20.6. The van der Waals surface area contributed by atoms with E-state index in [9.17, 15) is 4.79 Å². The van der Waals surface area contributed by atoms with Crippen molar-refractivity contribution in [1.82, 2.24) is 10.3 Å². The van der Waals surface area contributed by atoms with Crippen LogP contribution in [0.15, 0.2) is 53.9 Å². The first kappa shape index (κ1) is 20.6. The number of hydrogen-bond donors (Lipinski definition) is 1. The molecule has 0 saturated carbocycles. The van der Waals surface area contributed by atoms with E-state index in [1.165, 1.54) is 0 Å². The van der Waals surface area contributed by atoms with Gasteiger partial charge in [-0.1, -0.05) is 42.5 Å². The summed E-state index contributed by atoms with van der Waals surface area (Å²) in [7, 11) is 1.58. The molecule has 0 aliphatic rings. The molecule has 0 radical (unpaired) electrons. The summed E-state index contributed by atoms with van der Waals surface area (Å²) < 4.78 is 11.0. The average Bonchev–Trinajstić information content (AvgIpc) is 3.18. The van der Waals surface area contributed by atoms with Crippen molar-refractivity contribution in [3.05, 3.63) is 70.1 Å². The Morgan fingerprint density at radius 3 is 2.62 bits per heavy atom. The van der Waals surface area contributed by atoms with E-state index in [1.807, 2.05) is 67.8 Å². The number of nitrogens with one attached hydrogen (secondary N) is 1. The molecule has 3 aromatic rings. The Hall–Kier alpha value is -3.12. The number of ether oxygens (including phenoxy) is 2. The number of thiazole rings is 1. The van der Waals surface area contributed by atoms with Crippen LogP contribution < -0.4 is 14.8 Å². The number of nitrogens with zero attached hydrogens (tertiary/aromatic N) is 1. The lowest BCUT2D eigenvalue weighted by atomic mass is 10.1. The molecule has 29 heavy (non-hydrogen) atoms. The van der Waals surface area contributed by atoms with Crippen molar-refractivity contribution in [1.29, 1.82) is 0 Å². The number of methoxy groups -OCH3 is 1. The predicted octanol–water partition coefficient (Wildman–Crippen LogP) is 4.86. The van der Waals surface area contributed by atoms with Gasteiger partial charge >= 0.3 is 0 Å². The van der Waals surface area contributed by atoms with Crippen molar-refractivity contribution in [2.75, 3.05) is 13.7 Å². The van der Waals surface area contributed by atoms with Gasteiger partial charge in [0.1, 0.15) is 0 Å². The zero-order valence-corrected chi connectivity index (χ0v) is 17.6. The fourth-order valence-electron chi connectivity index (χ4n) is 2.78. The van der Waals surface area contributed by atoms with Crippen molar-refractivity contribution < 1.29 is 14.3 Å². The van der Waals surface area contributed by atoms with Crippen LogP contribution in [0.1, 0.15) is 23.1 Å². The first-order valence-electron chi connectivity index (χ1n) is 9.30. The molecule has 2 aromatic carbocycles. The normalized spacial score (nSPS) is 10.9. The zero-order valence-electron chi connectivity index (χ0n) is 16.8. The van der Waals surface area contributed by atoms with Crippen molar-refractivity contribution in [3.8, 4) is 22.8 Å². The number of carbonyl (C=O) groups is 1. The molecule has 0 aliphatic carbocycles. The maximum Gasteiger partial charge on any atom is 0.258 e. The molecule has 0 saturated heterocycles. The van der Waals surface area contributed by atoms with Crippen molar-refractivity contribution in [2.24, 2.45) is 0 Å². The summed E-state index contributed by atoms with van der Waals surface area (Å²) in [5, 5.41) is 5.96. The molecule has 150 valence electrons. The summed E-state index contributed by atoms with van der Waals surface area (Å²) in [6.45, 7) is 4.31. The number of amides is 1. The highest BCUT2D eigenvalue weighted by Crippen LogP contribution is 2.28. The highest BCUT2D eigenvalue weighted by Gasteiger charge is 2.08. The smallest absolute Gasteiger partial charge is 0.258 e. The largest absolute Gasteiger partial charge is 0.493 e. The molecule has 0 unspecified atom stereocenters. The van der Waals surface area contributed by atoms with Gasteiger partial charge in [0.15, 0.2) is 18.1 Å². The molecule has 1 heterocycles. The highest BCUT2D eigenvalue weighted by atomic mass is 32.1. The van der Waals surface area contributed by atoms with Gasteiger partial charge in [0, 0.05) is 17.5 Å². The Morgan fingerprint density at radius 2 is 1.97 bits per heavy atom. The summed E-state index contributed by atoms with van der Waals surface area (Å²) >= 11 is 1.63. The second-order valence-corrected chi connectivity index (χ2v) is 7.49. The van der Waals surface area contributed by atoms with Gasteiger partial charge in [0.25, 0.3) is 5.91 Å². The predicted molar refractivity (Wildman–Crippen MR) is 117 cm³/mol. The minimum absolute atomic E-state index is 0.0739. The van der Waals surface area contributed by atoms with E-state index >= 15 is 0 Å². The van der Waals surface area contributed by atoms with Crippen LogP contribution in [-0.4, -0.2) is 24.6 Å². The lowest BCUT2D eigenvalue weighted by Gasteiger charge is -2.11. The molecule has 0 spiro atoms. The van der Waals surface area contributed by atoms with E-state index in [2.05, 4.69) is 10.3 Å². The number of aryl methyl sites for hydroxylation is 1. The first-order chi connectivity index (χ1) is 14.1. The van der Waals surface area contributed by atoms with Crippen molar-refractivity contribution in [2.45, 2.75) is 20.4 Å². The second kappa shape index (κ2) is 9.89. The van der Waals surface area contributed by atoms with Crippen LogP contribution in [-0.2, 0) is 11.3 Å². The van der Waals surface area contributed by atoms with Gasteiger partial charge in [-0.25, -0.2) is 4.98 Å². The molecule has 1 aromatic heterocycles. The highest BCUT2D eigenvalue weighted by molar-refractivity contribution is 7.09. The summed E-state index contributed by atoms with van der Waals surface area (Å²) in [5.74, 6) is 0.948. The van der Waals surface area contributed by atoms with Crippen LogP contribution in [0.3, 0.4) is 0 Å². The standard InChI is InChI=1S/C23H24N2O3S/c1-4-5-17-8-11-21(22(12-17)27-3)28-14-23(26)24-13-18-6-9-19(10-7-18)20-15-29-16(2)25-20/h4-12,15H,13-14H2,1-3H3,(H,24,26)/b5-4+. The van der Waals surface area contributed by atoms with Crippen LogP contribution in [0.4, 0.5) is 0 Å². The van der Waals surface area contributed by atoms with Crippen molar-refractivity contribution in [3.63, 3.8) is 0 Å². The Labute approximate surface area is 175 Å². The van der Waals surface area contributed by atoms with Gasteiger partial charge in [-0.3, -0.25) is 4.79 Å². The van der Waals surface area contributed by atoms with Crippen LogP contribution in [0.5, 0.6) is 11.5 Å². The van der Waals surface area contributed by atoms with Gasteiger partial charge in [-0.2, -0.15) is 0 Å². The summed E-state index contributed by atoms with van der Waals surface area (Å²) in [5.41, 5.74) is 4.08. The fourth-order valence-corrected chi connectivity index (χ4v) is 3.41. The molecule has 0 atom stereocenters. The van der Waals surface area contributed by atoms with Gasteiger partial charge in [-0.05, 0) is 37.1 Å². The Bertz CT molecular complexity index is 994. The topological polar surface area (TPSA) is 60.5 Å². The Balaban J connectivity index is 1.51. The molecule has 0 aliphatic heterocycles. The van der Waals surface area contributed by atoms with Crippen LogP contribution in [0.2, 0.25) is 0 Å². The van der Waals surface area contributed by atoms with E-state index in [0.717, 1.165) is 27.4 Å². The summed E-state index contributed by atoms with van der Waals surface area (Å²) in [4.78, 5) is 16.6. The molecule has 0 bridgehead atoms. The minimum Gasteiger partial charge on any atom is -0.493 e. The van der Waals surface area contributed by atoms with Gasteiger partial charge in [-0.15, -0.1) is 11.3 Å². The molecular weight excluding hydrogens is 384 g/mol. The molecule has 3 rings (SSSR count). The molecule has 1 amide bonds. The fraction of sp³-hybridized carbons (Fsp3) is 0.217. The number of aromatic nitrogens is 1. The van der Waals surface area contributed by atoms with E-state index in [4.69, 9.17) is 9.47 Å². The van der Waals surface area contributed by atoms with Crippen LogP contribution >= 0.6 is 11.3 Å². The van der Waals surface area contributed by atoms with E-state index in [1.54, 1.807) is 24.5 Å². The lowest BCUT2D eigenvalue weighted by molar-refractivity contribution is -0.123. The minimum atomic E-state index is -0.191. The third-order valence-electron chi connectivity index (χ3n) is 4.26. The number of allylic oxidation sites excluding steroid dienone is 1. The maximum atomic E-state index is 12.2. The second-order valence-electron chi connectivity index (χ2n) is 6.42. The van der Waals surface area contributed by atoms with Gasteiger partial charge in [0.05, 0.1) is 17.8 Å².